The van der Waals surface area contributed by atoms with E-state index in [9.17, 15) is 5.11 Å². The smallest absolute Gasteiger partial charge is 0.191 e. The van der Waals surface area contributed by atoms with Gasteiger partial charge in [0.1, 0.15) is 0 Å². The first-order valence-electron chi connectivity index (χ1n) is 9.34. The second-order valence-electron chi connectivity index (χ2n) is 6.35. The maximum Gasteiger partial charge on any atom is 0.191 e. The molecule has 4 heteroatoms. The molecule has 0 aliphatic carbocycles. The van der Waals surface area contributed by atoms with Crippen LogP contribution in [0.4, 0.5) is 0 Å². The van der Waals surface area contributed by atoms with Crippen LogP contribution in [0.1, 0.15) is 58.1 Å². The van der Waals surface area contributed by atoms with E-state index in [0.717, 1.165) is 44.7 Å². The zero-order valence-electron chi connectivity index (χ0n) is 15.9. The van der Waals surface area contributed by atoms with E-state index in [2.05, 4.69) is 62.6 Å². The Morgan fingerprint density at radius 1 is 1.04 bits per heavy atom. The van der Waals surface area contributed by atoms with Crippen LogP contribution in [0.25, 0.3) is 0 Å². The topological polar surface area (TPSA) is 56.7 Å². The van der Waals surface area contributed by atoms with Gasteiger partial charge < -0.3 is 15.7 Å². The Hall–Kier alpha value is -1.55. The Bertz CT molecular complexity index is 495. The molecule has 0 heterocycles. The summed E-state index contributed by atoms with van der Waals surface area (Å²) < 4.78 is 0. The van der Waals surface area contributed by atoms with E-state index < -0.39 is 0 Å². The largest absolute Gasteiger partial charge is 0.396 e. The van der Waals surface area contributed by atoms with Gasteiger partial charge in [-0.3, -0.25) is 0 Å². The van der Waals surface area contributed by atoms with Crippen molar-refractivity contribution in [3.8, 4) is 0 Å². The number of rotatable bonds is 10. The third-order valence-corrected chi connectivity index (χ3v) is 5.02. The van der Waals surface area contributed by atoms with Crippen LogP contribution in [0.3, 0.4) is 0 Å². The number of hydrogen-bond acceptors (Lipinski definition) is 2. The van der Waals surface area contributed by atoms with Gasteiger partial charge >= 0.3 is 0 Å². The van der Waals surface area contributed by atoms with Crippen LogP contribution in [0.15, 0.2) is 29.3 Å². The average Bonchev–Trinajstić information content (AvgIpc) is 2.63. The third kappa shape index (κ3) is 6.16. The first-order valence-corrected chi connectivity index (χ1v) is 9.34. The summed E-state index contributed by atoms with van der Waals surface area (Å²) in [5.74, 6) is 0.854. The molecule has 1 rings (SSSR count). The van der Waals surface area contributed by atoms with Crippen molar-refractivity contribution in [1.29, 1.82) is 0 Å². The molecule has 1 aromatic rings. The van der Waals surface area contributed by atoms with Crippen LogP contribution in [0.5, 0.6) is 0 Å². The standard InChI is InChI=1S/C20H35N3O/c1-5-17-11-9-10-12-18(17)15-22-19(21-8-4)23-16-20(6-2,7-3)13-14-24/h9-12,24H,5-8,13-16H2,1-4H3,(H2,21,22,23). The van der Waals surface area contributed by atoms with E-state index >= 15 is 0 Å². The molecule has 0 radical (unpaired) electrons. The minimum absolute atomic E-state index is 0.131. The Labute approximate surface area is 147 Å². The van der Waals surface area contributed by atoms with Crippen LogP contribution in [-0.4, -0.2) is 30.8 Å². The number of aliphatic hydroxyl groups is 1. The Balaban J connectivity index is 2.78. The highest BCUT2D eigenvalue weighted by Gasteiger charge is 2.25. The fraction of sp³-hybridized carbons (Fsp3) is 0.650. The third-order valence-electron chi connectivity index (χ3n) is 5.02. The van der Waals surface area contributed by atoms with Gasteiger partial charge in [0.15, 0.2) is 5.96 Å². The molecule has 3 N–H and O–H groups in total. The van der Waals surface area contributed by atoms with Gasteiger partial charge in [-0.15, -0.1) is 0 Å². The minimum Gasteiger partial charge on any atom is -0.396 e. The summed E-state index contributed by atoms with van der Waals surface area (Å²) in [7, 11) is 0. The number of nitrogens with one attached hydrogen (secondary N) is 2. The Kier molecular flexibility index (Phi) is 9.46. The lowest BCUT2D eigenvalue weighted by Crippen LogP contribution is -2.43. The highest BCUT2D eigenvalue weighted by molar-refractivity contribution is 5.79. The number of aliphatic imine (C=N–C) groups is 1. The summed E-state index contributed by atoms with van der Waals surface area (Å²) in [5.41, 5.74) is 2.77. The molecule has 0 aliphatic heterocycles. The summed E-state index contributed by atoms with van der Waals surface area (Å²) >= 11 is 0. The quantitative estimate of drug-likeness (QED) is 0.454. The molecule has 0 bridgehead atoms. The average molecular weight is 334 g/mol. The van der Waals surface area contributed by atoms with E-state index in [1.807, 2.05) is 0 Å². The van der Waals surface area contributed by atoms with E-state index in [1.165, 1.54) is 11.1 Å². The van der Waals surface area contributed by atoms with Crippen LogP contribution in [0.2, 0.25) is 0 Å². The van der Waals surface area contributed by atoms with Crippen molar-refractivity contribution in [2.45, 2.75) is 59.9 Å². The zero-order valence-corrected chi connectivity index (χ0v) is 15.9. The van der Waals surface area contributed by atoms with Crippen LogP contribution >= 0.6 is 0 Å². The number of hydrogen-bond donors (Lipinski definition) is 3. The Morgan fingerprint density at radius 3 is 2.25 bits per heavy atom. The molecule has 0 fully saturated rings. The van der Waals surface area contributed by atoms with E-state index in [0.29, 0.717) is 6.54 Å². The van der Waals surface area contributed by atoms with E-state index in [1.54, 1.807) is 0 Å². The molecular formula is C20H35N3O. The van der Waals surface area contributed by atoms with Gasteiger partial charge in [-0.25, -0.2) is 4.99 Å². The maximum atomic E-state index is 9.37. The highest BCUT2D eigenvalue weighted by Crippen LogP contribution is 2.29. The monoisotopic (exact) mass is 333 g/mol. The lowest BCUT2D eigenvalue weighted by molar-refractivity contribution is 0.169. The summed E-state index contributed by atoms with van der Waals surface area (Å²) in [6.45, 7) is 11.3. The number of guanidine groups is 1. The van der Waals surface area contributed by atoms with Crippen molar-refractivity contribution in [1.82, 2.24) is 10.6 Å². The van der Waals surface area contributed by atoms with Gasteiger partial charge in [-0.1, -0.05) is 45.0 Å². The molecule has 0 atom stereocenters. The molecule has 0 unspecified atom stereocenters. The number of benzene rings is 1. The fourth-order valence-corrected chi connectivity index (χ4v) is 3.01. The minimum atomic E-state index is 0.131. The SMILES string of the molecule is CCNC(=NCc1ccccc1CC)NCC(CC)(CC)CCO. The predicted molar refractivity (Wildman–Crippen MR) is 103 cm³/mol. The molecule has 1 aromatic carbocycles. The van der Waals surface area contributed by atoms with Crippen molar-refractivity contribution >= 4 is 5.96 Å². The normalized spacial score (nSPS) is 12.3. The Morgan fingerprint density at radius 2 is 1.71 bits per heavy atom. The molecule has 0 aliphatic rings. The molecule has 136 valence electrons. The van der Waals surface area contributed by atoms with Crippen molar-refractivity contribution in [2.24, 2.45) is 10.4 Å². The number of nitrogens with zero attached hydrogens (tertiary/aromatic N) is 1. The first kappa shape index (κ1) is 20.5. The van der Waals surface area contributed by atoms with E-state index in [4.69, 9.17) is 4.99 Å². The van der Waals surface area contributed by atoms with Gasteiger partial charge in [0.05, 0.1) is 6.54 Å². The predicted octanol–water partition coefficient (Wildman–Crippen LogP) is 3.49. The van der Waals surface area contributed by atoms with Gasteiger partial charge in [0.25, 0.3) is 0 Å². The highest BCUT2D eigenvalue weighted by atomic mass is 16.3. The molecule has 0 amide bonds. The molecule has 0 aromatic heterocycles. The molecule has 0 saturated heterocycles. The number of aryl methyl sites for hydroxylation is 1. The summed E-state index contributed by atoms with van der Waals surface area (Å²) in [4.78, 5) is 4.76. The van der Waals surface area contributed by atoms with Crippen molar-refractivity contribution in [3.05, 3.63) is 35.4 Å². The van der Waals surface area contributed by atoms with Crippen LogP contribution in [0, 0.1) is 5.41 Å². The van der Waals surface area contributed by atoms with Gasteiger partial charge in [-0.05, 0) is 49.1 Å². The molecule has 4 nitrogen and oxygen atoms in total. The maximum absolute atomic E-state index is 9.37. The lowest BCUT2D eigenvalue weighted by atomic mass is 9.79. The fourth-order valence-electron chi connectivity index (χ4n) is 3.01. The second-order valence-corrected chi connectivity index (χ2v) is 6.35. The van der Waals surface area contributed by atoms with E-state index in [-0.39, 0.29) is 12.0 Å². The lowest BCUT2D eigenvalue weighted by Gasteiger charge is -2.32. The second kappa shape index (κ2) is 11.1. The molecule has 0 spiro atoms. The first-order chi connectivity index (χ1) is 11.6. The van der Waals surface area contributed by atoms with Crippen LogP contribution in [-0.2, 0) is 13.0 Å². The zero-order chi connectivity index (χ0) is 17.8. The number of aliphatic hydroxyl groups excluding tert-OH is 1. The summed E-state index contributed by atoms with van der Waals surface area (Å²) in [6, 6.07) is 8.48. The van der Waals surface area contributed by atoms with Crippen LogP contribution < -0.4 is 10.6 Å². The molecule has 0 saturated carbocycles. The van der Waals surface area contributed by atoms with Gasteiger partial charge in [0.2, 0.25) is 0 Å². The molecular weight excluding hydrogens is 298 g/mol. The van der Waals surface area contributed by atoms with Gasteiger partial charge in [-0.2, -0.15) is 0 Å². The summed E-state index contributed by atoms with van der Waals surface area (Å²) in [6.07, 6.45) is 3.95. The van der Waals surface area contributed by atoms with Gasteiger partial charge in [0, 0.05) is 19.7 Å². The summed E-state index contributed by atoms with van der Waals surface area (Å²) in [5, 5.41) is 16.2. The van der Waals surface area contributed by atoms with Crippen molar-refractivity contribution in [3.63, 3.8) is 0 Å². The van der Waals surface area contributed by atoms with Crippen molar-refractivity contribution in [2.75, 3.05) is 19.7 Å². The van der Waals surface area contributed by atoms with Crippen molar-refractivity contribution < 1.29 is 5.11 Å². The molecule has 24 heavy (non-hydrogen) atoms.